The van der Waals surface area contributed by atoms with Crippen LogP contribution in [-0.2, 0) is 4.79 Å². The summed E-state index contributed by atoms with van der Waals surface area (Å²) in [7, 11) is 0. The number of carbonyl (C=O) groups excluding carboxylic acids is 1. The largest absolute Gasteiger partial charge is 0.426 e. The zero-order valence-electron chi connectivity index (χ0n) is 13.2. The number of ether oxygens (including phenoxy) is 1. The molecule has 118 valence electrons. The third-order valence-corrected chi connectivity index (χ3v) is 4.57. The molecule has 4 nitrogen and oxygen atoms in total. The lowest BCUT2D eigenvalue weighted by Gasteiger charge is -2.16. The number of aromatic nitrogens is 1. The monoisotopic (exact) mass is 327 g/mol. The number of nitrogens with one attached hydrogen (secondary N) is 1. The molecule has 0 fully saturated rings. The molecule has 0 spiro atoms. The van der Waals surface area contributed by atoms with E-state index in [9.17, 15) is 9.59 Å². The molecular weight excluding hydrogens is 310 g/mol. The lowest BCUT2D eigenvalue weighted by Crippen LogP contribution is -2.25. The minimum absolute atomic E-state index is 0.0827. The normalized spacial score (nSPS) is 11.6. The number of hydrogen-bond acceptors (Lipinski definition) is 4. The van der Waals surface area contributed by atoms with Gasteiger partial charge in [0.25, 0.3) is 5.56 Å². The summed E-state index contributed by atoms with van der Waals surface area (Å²) in [5, 5.41) is 0.690. The van der Waals surface area contributed by atoms with Gasteiger partial charge in [-0.1, -0.05) is 0 Å². The summed E-state index contributed by atoms with van der Waals surface area (Å²) in [6.07, 6.45) is 1.65. The first-order valence-electron chi connectivity index (χ1n) is 7.28. The van der Waals surface area contributed by atoms with Crippen molar-refractivity contribution in [2.75, 3.05) is 0 Å². The lowest BCUT2D eigenvalue weighted by molar-refractivity contribution is -0.142. The van der Waals surface area contributed by atoms with Crippen LogP contribution in [-0.4, -0.2) is 11.0 Å². The summed E-state index contributed by atoms with van der Waals surface area (Å²) < 4.78 is 6.31. The topological polar surface area (TPSA) is 59.2 Å². The van der Waals surface area contributed by atoms with Crippen LogP contribution in [0.4, 0.5) is 0 Å². The molecule has 3 aromatic rings. The maximum absolute atomic E-state index is 11.9. The lowest BCUT2D eigenvalue weighted by atomic mass is 9.97. The van der Waals surface area contributed by atoms with Crippen molar-refractivity contribution in [3.05, 3.63) is 52.9 Å². The van der Waals surface area contributed by atoms with Gasteiger partial charge in [0, 0.05) is 15.8 Å². The average Bonchev–Trinajstić information content (AvgIpc) is 2.92. The van der Waals surface area contributed by atoms with Crippen LogP contribution in [0.5, 0.6) is 5.75 Å². The minimum Gasteiger partial charge on any atom is -0.426 e. The molecule has 0 aliphatic carbocycles. The number of aromatic amines is 1. The Hall–Kier alpha value is -2.40. The molecule has 0 bridgehead atoms. The number of thiophene rings is 1. The van der Waals surface area contributed by atoms with Gasteiger partial charge in [0.05, 0.1) is 10.8 Å². The van der Waals surface area contributed by atoms with Crippen LogP contribution in [0.1, 0.15) is 20.8 Å². The molecule has 0 radical (unpaired) electrons. The average molecular weight is 327 g/mol. The van der Waals surface area contributed by atoms with Crippen molar-refractivity contribution in [1.82, 2.24) is 4.98 Å². The second kappa shape index (κ2) is 5.66. The molecule has 3 rings (SSSR count). The van der Waals surface area contributed by atoms with E-state index >= 15 is 0 Å². The van der Waals surface area contributed by atoms with Gasteiger partial charge < -0.3 is 9.72 Å². The van der Waals surface area contributed by atoms with Gasteiger partial charge in [-0.2, -0.15) is 0 Å². The molecule has 5 heteroatoms. The Morgan fingerprint density at radius 3 is 2.43 bits per heavy atom. The first kappa shape index (κ1) is 15.5. The second-order valence-electron chi connectivity index (χ2n) is 6.36. The summed E-state index contributed by atoms with van der Waals surface area (Å²) in [5.74, 6) is 0.256. The first-order valence-corrected chi connectivity index (χ1v) is 8.10. The van der Waals surface area contributed by atoms with E-state index in [2.05, 4.69) is 4.98 Å². The van der Waals surface area contributed by atoms with Crippen molar-refractivity contribution in [1.29, 1.82) is 0 Å². The molecule has 2 heterocycles. The van der Waals surface area contributed by atoms with Crippen LogP contribution in [0.25, 0.3) is 20.5 Å². The quantitative estimate of drug-likeness (QED) is 0.566. The molecule has 0 atom stereocenters. The highest BCUT2D eigenvalue weighted by molar-refractivity contribution is 7.22. The van der Waals surface area contributed by atoms with E-state index in [4.69, 9.17) is 4.74 Å². The molecule has 2 aromatic heterocycles. The molecule has 0 saturated carbocycles. The van der Waals surface area contributed by atoms with Crippen LogP contribution in [0, 0.1) is 5.41 Å². The SMILES string of the molecule is CC(C)(C)C(=O)Oc1ccc(-c2cc3c(=O)[nH]ccc3s2)cc1. The van der Waals surface area contributed by atoms with Crippen molar-refractivity contribution >= 4 is 27.4 Å². The Morgan fingerprint density at radius 1 is 1.13 bits per heavy atom. The Bertz CT molecular complexity index is 914. The van der Waals surface area contributed by atoms with E-state index in [0.717, 1.165) is 15.1 Å². The number of benzene rings is 1. The highest BCUT2D eigenvalue weighted by Gasteiger charge is 2.23. The van der Waals surface area contributed by atoms with Crippen molar-refractivity contribution in [2.24, 2.45) is 5.41 Å². The fourth-order valence-corrected chi connectivity index (χ4v) is 3.13. The van der Waals surface area contributed by atoms with Gasteiger partial charge >= 0.3 is 5.97 Å². The van der Waals surface area contributed by atoms with Gasteiger partial charge in [0.15, 0.2) is 0 Å². The van der Waals surface area contributed by atoms with Gasteiger partial charge in [0.1, 0.15) is 5.75 Å². The Balaban J connectivity index is 1.88. The predicted octanol–water partition coefficient (Wildman–Crippen LogP) is 4.21. The molecule has 1 N–H and O–H groups in total. The summed E-state index contributed by atoms with van der Waals surface area (Å²) in [5.41, 5.74) is 0.368. The summed E-state index contributed by atoms with van der Waals surface area (Å²) in [4.78, 5) is 27.4. The molecule has 0 saturated heterocycles. The Kier molecular flexibility index (Phi) is 3.82. The number of pyridine rings is 1. The van der Waals surface area contributed by atoms with Gasteiger partial charge in [-0.25, -0.2) is 0 Å². The molecule has 0 aliphatic rings. The zero-order chi connectivity index (χ0) is 16.6. The van der Waals surface area contributed by atoms with E-state index in [-0.39, 0.29) is 11.5 Å². The number of carbonyl (C=O) groups is 1. The highest BCUT2D eigenvalue weighted by atomic mass is 32.1. The van der Waals surface area contributed by atoms with E-state index in [0.29, 0.717) is 11.1 Å². The number of H-pyrrole nitrogens is 1. The third-order valence-electron chi connectivity index (χ3n) is 3.42. The summed E-state index contributed by atoms with van der Waals surface area (Å²) in [6, 6.07) is 11.1. The van der Waals surface area contributed by atoms with E-state index in [1.165, 1.54) is 0 Å². The standard InChI is InChI=1S/C18H17NO3S/c1-18(2,3)17(21)22-12-6-4-11(5-7-12)15-10-13-14(23-15)8-9-19-16(13)20/h4-10H,1-3H3,(H,19,20). The van der Waals surface area contributed by atoms with Gasteiger partial charge in [-0.05, 0) is 62.7 Å². The minimum atomic E-state index is -0.537. The maximum Gasteiger partial charge on any atom is 0.316 e. The van der Waals surface area contributed by atoms with Crippen molar-refractivity contribution in [2.45, 2.75) is 20.8 Å². The molecule has 23 heavy (non-hydrogen) atoms. The fraction of sp³-hybridized carbons (Fsp3) is 0.222. The molecule has 0 aliphatic heterocycles. The fourth-order valence-electron chi connectivity index (χ4n) is 2.07. The molecule has 0 unspecified atom stereocenters. The number of esters is 1. The number of fused-ring (bicyclic) bond motifs is 1. The van der Waals surface area contributed by atoms with E-state index in [1.54, 1.807) is 29.7 Å². The highest BCUT2D eigenvalue weighted by Crippen LogP contribution is 2.32. The van der Waals surface area contributed by atoms with Crippen LogP contribution in [0.15, 0.2) is 47.4 Å². The van der Waals surface area contributed by atoms with Crippen LogP contribution in [0.3, 0.4) is 0 Å². The first-order chi connectivity index (χ1) is 10.8. The molecule has 1 aromatic carbocycles. The van der Waals surface area contributed by atoms with Crippen LogP contribution < -0.4 is 10.3 Å². The Labute approximate surface area is 137 Å². The summed E-state index contributed by atoms with van der Waals surface area (Å²) >= 11 is 1.56. The van der Waals surface area contributed by atoms with Gasteiger partial charge in [-0.3, -0.25) is 9.59 Å². The van der Waals surface area contributed by atoms with Gasteiger partial charge in [-0.15, -0.1) is 11.3 Å². The van der Waals surface area contributed by atoms with Crippen LogP contribution in [0.2, 0.25) is 0 Å². The second-order valence-corrected chi connectivity index (χ2v) is 7.44. The number of rotatable bonds is 2. The number of hydrogen-bond donors (Lipinski definition) is 1. The van der Waals surface area contributed by atoms with Crippen molar-refractivity contribution < 1.29 is 9.53 Å². The maximum atomic E-state index is 11.9. The van der Waals surface area contributed by atoms with Crippen molar-refractivity contribution in [3.8, 4) is 16.2 Å². The van der Waals surface area contributed by atoms with Crippen molar-refractivity contribution in [3.63, 3.8) is 0 Å². The van der Waals surface area contributed by atoms with E-state index < -0.39 is 5.41 Å². The van der Waals surface area contributed by atoms with Crippen LogP contribution >= 0.6 is 11.3 Å². The van der Waals surface area contributed by atoms with Gasteiger partial charge in [0.2, 0.25) is 0 Å². The molecular formula is C18H17NO3S. The third kappa shape index (κ3) is 3.19. The zero-order valence-corrected chi connectivity index (χ0v) is 14.0. The smallest absolute Gasteiger partial charge is 0.316 e. The predicted molar refractivity (Wildman–Crippen MR) is 93.0 cm³/mol. The molecule has 0 amide bonds. The Morgan fingerprint density at radius 2 is 1.83 bits per heavy atom. The van der Waals surface area contributed by atoms with E-state index in [1.807, 2.05) is 45.0 Å². The summed E-state index contributed by atoms with van der Waals surface area (Å²) in [6.45, 7) is 5.45.